The van der Waals surface area contributed by atoms with E-state index in [4.69, 9.17) is 18.6 Å². The van der Waals surface area contributed by atoms with Crippen LogP contribution in [0.3, 0.4) is 0 Å². The Hall–Kier alpha value is -2.50. The summed E-state index contributed by atoms with van der Waals surface area (Å²) in [7, 11) is 1.56. The van der Waals surface area contributed by atoms with Crippen LogP contribution in [0.25, 0.3) is 11.0 Å². The second-order valence-corrected chi connectivity index (χ2v) is 8.09. The molecule has 0 saturated heterocycles. The van der Waals surface area contributed by atoms with Crippen molar-refractivity contribution < 1.29 is 28.2 Å². The number of benzene rings is 1. The lowest BCUT2D eigenvalue weighted by Crippen LogP contribution is -2.38. The molecule has 0 unspecified atom stereocenters. The van der Waals surface area contributed by atoms with Crippen LogP contribution >= 0.6 is 0 Å². The molecule has 1 heterocycles. The molecule has 27 heavy (non-hydrogen) atoms. The zero-order chi connectivity index (χ0) is 20.4. The van der Waals surface area contributed by atoms with E-state index in [2.05, 4.69) is 0 Å². The van der Waals surface area contributed by atoms with Gasteiger partial charge in [0.2, 0.25) is 0 Å². The van der Waals surface area contributed by atoms with Crippen LogP contribution in [0.1, 0.15) is 52.1 Å². The van der Waals surface area contributed by atoms with Crippen molar-refractivity contribution in [3.05, 3.63) is 24.0 Å². The van der Waals surface area contributed by atoms with Gasteiger partial charge in [0.1, 0.15) is 23.7 Å². The van der Waals surface area contributed by atoms with Gasteiger partial charge >= 0.3 is 5.97 Å². The molecule has 0 aliphatic heterocycles. The van der Waals surface area contributed by atoms with Gasteiger partial charge in [-0.05, 0) is 39.0 Å². The topological polar surface area (TPSA) is 75.0 Å². The molecular weight excluding hydrogens is 348 g/mol. The molecule has 0 aliphatic rings. The van der Waals surface area contributed by atoms with E-state index in [-0.39, 0.29) is 18.2 Å². The predicted molar refractivity (Wildman–Crippen MR) is 102 cm³/mol. The molecule has 2 rings (SSSR count). The number of fused-ring (bicyclic) bond motifs is 1. The van der Waals surface area contributed by atoms with E-state index >= 15 is 0 Å². The first-order chi connectivity index (χ1) is 12.5. The van der Waals surface area contributed by atoms with E-state index in [0.717, 1.165) is 0 Å². The molecule has 148 valence electrons. The first kappa shape index (κ1) is 20.8. The van der Waals surface area contributed by atoms with Gasteiger partial charge in [-0.25, -0.2) is 4.79 Å². The van der Waals surface area contributed by atoms with Gasteiger partial charge in [0.05, 0.1) is 24.5 Å². The van der Waals surface area contributed by atoms with Gasteiger partial charge in [0.25, 0.3) is 5.76 Å². The highest BCUT2D eigenvalue weighted by Crippen LogP contribution is 2.36. The molecule has 6 nitrogen and oxygen atoms in total. The third kappa shape index (κ3) is 4.43. The number of carbonyl (C=O) groups excluding carboxylic acids is 2. The van der Waals surface area contributed by atoms with Crippen LogP contribution in [-0.4, -0.2) is 32.1 Å². The van der Waals surface area contributed by atoms with Gasteiger partial charge in [0, 0.05) is 5.41 Å². The molecule has 0 radical (unpaired) electrons. The maximum Gasteiger partial charge on any atom is 0.378 e. The maximum atomic E-state index is 12.6. The Morgan fingerprint density at radius 2 is 1.78 bits per heavy atom. The van der Waals surface area contributed by atoms with E-state index in [1.807, 2.05) is 27.7 Å². The van der Waals surface area contributed by atoms with Crippen molar-refractivity contribution in [1.82, 2.24) is 0 Å². The summed E-state index contributed by atoms with van der Waals surface area (Å²) < 4.78 is 21.9. The van der Waals surface area contributed by atoms with Gasteiger partial charge in [-0.1, -0.05) is 20.8 Å². The van der Waals surface area contributed by atoms with Crippen molar-refractivity contribution in [2.75, 3.05) is 20.3 Å². The lowest BCUT2D eigenvalue weighted by Gasteiger charge is -2.30. The van der Waals surface area contributed by atoms with Gasteiger partial charge in [-0.2, -0.15) is 0 Å². The van der Waals surface area contributed by atoms with E-state index < -0.39 is 16.8 Å². The van der Waals surface area contributed by atoms with E-state index in [1.54, 1.807) is 39.2 Å². The van der Waals surface area contributed by atoms with Crippen LogP contribution < -0.4 is 9.47 Å². The van der Waals surface area contributed by atoms with Crippen molar-refractivity contribution in [1.29, 1.82) is 0 Å². The summed E-state index contributed by atoms with van der Waals surface area (Å²) in [4.78, 5) is 25.2. The van der Waals surface area contributed by atoms with Gasteiger partial charge in [-0.3, -0.25) is 4.79 Å². The molecule has 0 N–H and O–H groups in total. The van der Waals surface area contributed by atoms with Gasteiger partial charge in [-0.15, -0.1) is 0 Å². The fourth-order valence-corrected chi connectivity index (χ4v) is 3.00. The zero-order valence-electron chi connectivity index (χ0n) is 17.1. The number of furan rings is 1. The average molecular weight is 376 g/mol. The minimum Gasteiger partial charge on any atom is -0.497 e. The SMILES string of the molecule is CCOc1c(C(=O)OCC(C)(C)C(=O)C(C)(C)C)oc2ccc(OC)cc12. The number of hydrogen-bond donors (Lipinski definition) is 0. The smallest absolute Gasteiger partial charge is 0.378 e. The van der Waals surface area contributed by atoms with E-state index in [1.165, 1.54) is 0 Å². The third-order valence-corrected chi connectivity index (χ3v) is 4.18. The summed E-state index contributed by atoms with van der Waals surface area (Å²) in [5, 5.41) is 0.633. The number of hydrogen-bond acceptors (Lipinski definition) is 6. The molecule has 2 aromatic rings. The van der Waals surface area contributed by atoms with Gasteiger partial charge < -0.3 is 18.6 Å². The Balaban J connectivity index is 2.29. The van der Waals surface area contributed by atoms with Gasteiger partial charge in [0.15, 0.2) is 5.75 Å². The molecule has 0 bridgehead atoms. The number of esters is 1. The van der Waals surface area contributed by atoms with Crippen LogP contribution in [0.15, 0.2) is 22.6 Å². The Labute approximate surface area is 159 Å². The van der Waals surface area contributed by atoms with Crippen molar-refractivity contribution in [3.8, 4) is 11.5 Å². The molecule has 0 aliphatic carbocycles. The van der Waals surface area contributed by atoms with Crippen LogP contribution in [0.2, 0.25) is 0 Å². The second kappa shape index (κ2) is 7.62. The summed E-state index contributed by atoms with van der Waals surface area (Å²) >= 11 is 0. The number of ketones is 1. The third-order valence-electron chi connectivity index (χ3n) is 4.18. The Morgan fingerprint density at radius 3 is 2.33 bits per heavy atom. The minimum atomic E-state index is -0.811. The predicted octanol–water partition coefficient (Wildman–Crippen LogP) is 4.64. The summed E-state index contributed by atoms with van der Waals surface area (Å²) in [6.07, 6.45) is 0. The summed E-state index contributed by atoms with van der Waals surface area (Å²) in [5.74, 6) is 0.280. The highest BCUT2D eigenvalue weighted by molar-refractivity contribution is 5.99. The molecule has 6 heteroatoms. The first-order valence-electron chi connectivity index (χ1n) is 8.96. The molecule has 0 saturated carbocycles. The molecule has 1 aromatic carbocycles. The molecule has 0 spiro atoms. The van der Waals surface area contributed by atoms with Crippen molar-refractivity contribution >= 4 is 22.7 Å². The van der Waals surface area contributed by atoms with Crippen molar-refractivity contribution in [2.45, 2.75) is 41.5 Å². The monoisotopic (exact) mass is 376 g/mol. The molecule has 1 aromatic heterocycles. The van der Waals surface area contributed by atoms with Crippen LogP contribution in [0.4, 0.5) is 0 Å². The number of Topliss-reactive ketones (excluding diaryl/α,β-unsaturated/α-hetero) is 1. The number of carbonyl (C=O) groups is 2. The summed E-state index contributed by atoms with van der Waals surface area (Å²) in [6.45, 7) is 11.2. The standard InChI is InChI=1S/C21H28O6/c1-8-25-16-14-11-13(24-7)9-10-15(14)27-17(16)18(22)26-12-21(5,6)19(23)20(2,3)4/h9-11H,8,12H2,1-7H3. The highest BCUT2D eigenvalue weighted by Gasteiger charge is 2.37. The van der Waals surface area contributed by atoms with Crippen molar-refractivity contribution in [2.24, 2.45) is 10.8 Å². The fraction of sp³-hybridized carbons (Fsp3) is 0.524. The number of ether oxygens (including phenoxy) is 3. The van der Waals surface area contributed by atoms with Crippen LogP contribution in [-0.2, 0) is 9.53 Å². The molecule has 0 amide bonds. The van der Waals surface area contributed by atoms with E-state index in [9.17, 15) is 9.59 Å². The molecule has 0 fully saturated rings. The minimum absolute atomic E-state index is 0.0147. The Morgan fingerprint density at radius 1 is 1.11 bits per heavy atom. The van der Waals surface area contributed by atoms with Crippen LogP contribution in [0, 0.1) is 10.8 Å². The summed E-state index contributed by atoms with van der Waals surface area (Å²) in [5.41, 5.74) is -0.840. The average Bonchev–Trinajstić information content (AvgIpc) is 2.96. The lowest BCUT2D eigenvalue weighted by molar-refractivity contribution is -0.137. The molecule has 0 atom stereocenters. The number of methoxy groups -OCH3 is 1. The van der Waals surface area contributed by atoms with Crippen LogP contribution in [0.5, 0.6) is 11.5 Å². The highest BCUT2D eigenvalue weighted by atomic mass is 16.6. The van der Waals surface area contributed by atoms with Crippen molar-refractivity contribution in [3.63, 3.8) is 0 Å². The normalized spacial score (nSPS) is 12.1. The first-order valence-corrected chi connectivity index (χ1v) is 8.96. The quantitative estimate of drug-likeness (QED) is 0.656. The summed E-state index contributed by atoms with van der Waals surface area (Å²) in [6, 6.07) is 5.19. The largest absolute Gasteiger partial charge is 0.497 e. The molecular formula is C21H28O6. The maximum absolute atomic E-state index is 12.6. The Kier molecular flexibility index (Phi) is 5.88. The lowest BCUT2D eigenvalue weighted by atomic mass is 9.75. The second-order valence-electron chi connectivity index (χ2n) is 8.09. The zero-order valence-corrected chi connectivity index (χ0v) is 17.1. The van der Waals surface area contributed by atoms with E-state index in [0.29, 0.717) is 29.1 Å². The number of rotatable bonds is 7. The Bertz CT molecular complexity index is 838. The fourth-order valence-electron chi connectivity index (χ4n) is 3.00.